The van der Waals surface area contributed by atoms with Crippen LogP contribution in [0.2, 0.25) is 0 Å². The molecule has 2 aliphatic carbocycles. The summed E-state index contributed by atoms with van der Waals surface area (Å²) in [6.45, 7) is 0. The van der Waals surface area contributed by atoms with E-state index in [1.165, 1.54) is 0 Å². The lowest BCUT2D eigenvalue weighted by molar-refractivity contribution is 0.0932. The molecular weight excluding hydrogens is 214 g/mol. The van der Waals surface area contributed by atoms with Crippen LogP contribution in [-0.2, 0) is 0 Å². The summed E-state index contributed by atoms with van der Waals surface area (Å²) in [5, 5.41) is 3.11. The fourth-order valence-electron chi connectivity index (χ4n) is 3.52. The van der Waals surface area contributed by atoms with Gasteiger partial charge in [0.05, 0.1) is 0 Å². The fraction of sp³-hybridized carbons (Fsp3) is 0.615. The van der Waals surface area contributed by atoms with Crippen LogP contribution in [0, 0.1) is 11.8 Å². The second-order valence-corrected chi connectivity index (χ2v) is 5.48. The molecule has 3 rings (SSSR count). The van der Waals surface area contributed by atoms with Crippen LogP contribution in [0.4, 0.5) is 0 Å². The summed E-state index contributed by atoms with van der Waals surface area (Å²) in [6.07, 6.45) is 6.26. The van der Waals surface area contributed by atoms with Crippen molar-refractivity contribution in [1.82, 2.24) is 10.3 Å². The fourth-order valence-corrected chi connectivity index (χ4v) is 3.52. The smallest absolute Gasteiger partial charge is 0.267 e. The Labute approximate surface area is 101 Å². The van der Waals surface area contributed by atoms with Crippen molar-refractivity contribution >= 4 is 5.91 Å². The van der Waals surface area contributed by atoms with Crippen molar-refractivity contribution < 1.29 is 4.79 Å². The molecule has 17 heavy (non-hydrogen) atoms. The number of hydrogen-bond donors (Lipinski definition) is 3. The van der Waals surface area contributed by atoms with Gasteiger partial charge in [-0.1, -0.05) is 0 Å². The van der Waals surface area contributed by atoms with Crippen molar-refractivity contribution in [2.45, 2.75) is 37.8 Å². The third kappa shape index (κ3) is 2.09. The highest BCUT2D eigenvalue weighted by Gasteiger charge is 2.40. The summed E-state index contributed by atoms with van der Waals surface area (Å²) in [4.78, 5) is 14.8. The molecule has 0 spiro atoms. The van der Waals surface area contributed by atoms with E-state index in [1.807, 2.05) is 6.07 Å². The Balaban J connectivity index is 1.57. The maximum absolute atomic E-state index is 11.9. The maximum Gasteiger partial charge on any atom is 0.267 e. The molecule has 0 saturated heterocycles. The number of aromatic amines is 1. The number of fused-ring (bicyclic) bond motifs is 1. The Morgan fingerprint density at radius 1 is 1.29 bits per heavy atom. The second kappa shape index (κ2) is 4.18. The first-order valence-electron chi connectivity index (χ1n) is 6.42. The monoisotopic (exact) mass is 233 g/mol. The van der Waals surface area contributed by atoms with E-state index in [1.54, 1.807) is 12.3 Å². The van der Waals surface area contributed by atoms with Gasteiger partial charge in [-0.2, -0.15) is 0 Å². The van der Waals surface area contributed by atoms with E-state index in [9.17, 15) is 4.79 Å². The Bertz CT molecular complexity index is 387. The zero-order chi connectivity index (χ0) is 11.8. The molecule has 0 aromatic carbocycles. The number of hydrogen-bond acceptors (Lipinski definition) is 2. The van der Waals surface area contributed by atoms with Gasteiger partial charge in [-0.25, -0.2) is 0 Å². The Kier molecular flexibility index (Phi) is 2.67. The van der Waals surface area contributed by atoms with Gasteiger partial charge in [-0.05, 0) is 49.7 Å². The minimum absolute atomic E-state index is 0.0178. The van der Waals surface area contributed by atoms with Gasteiger partial charge in [0.2, 0.25) is 0 Å². The molecule has 4 nitrogen and oxygen atoms in total. The van der Waals surface area contributed by atoms with Crippen LogP contribution in [0.25, 0.3) is 0 Å². The highest BCUT2D eigenvalue weighted by molar-refractivity contribution is 5.92. The number of carbonyl (C=O) groups is 1. The molecule has 2 fully saturated rings. The summed E-state index contributed by atoms with van der Waals surface area (Å²) in [6, 6.07) is 4.39. The van der Waals surface area contributed by atoms with Crippen molar-refractivity contribution in [2.24, 2.45) is 17.6 Å². The zero-order valence-electron chi connectivity index (χ0n) is 9.86. The topological polar surface area (TPSA) is 70.9 Å². The van der Waals surface area contributed by atoms with Crippen molar-refractivity contribution in [3.8, 4) is 0 Å². The predicted molar refractivity (Wildman–Crippen MR) is 65.5 cm³/mol. The van der Waals surface area contributed by atoms with Crippen LogP contribution in [0.5, 0.6) is 0 Å². The number of nitrogens with two attached hydrogens (primary N) is 1. The SMILES string of the molecule is NC1CC2CC(NC(=O)c3ccc[nH]3)CC2C1. The standard InChI is InChI=1S/C13H19N3O/c14-10-4-8-6-11(7-9(8)5-10)16-13(17)12-2-1-3-15-12/h1-3,8-11,15H,4-7,14H2,(H,16,17). The molecule has 4 N–H and O–H groups in total. The minimum atomic E-state index is 0.0178. The Hall–Kier alpha value is -1.29. The number of H-pyrrole nitrogens is 1. The van der Waals surface area contributed by atoms with E-state index in [0.717, 1.165) is 37.5 Å². The van der Waals surface area contributed by atoms with Crippen LogP contribution < -0.4 is 11.1 Å². The molecule has 0 aliphatic heterocycles. The van der Waals surface area contributed by atoms with Gasteiger partial charge >= 0.3 is 0 Å². The van der Waals surface area contributed by atoms with Gasteiger partial charge in [0.15, 0.2) is 0 Å². The quantitative estimate of drug-likeness (QED) is 0.719. The minimum Gasteiger partial charge on any atom is -0.357 e. The van der Waals surface area contributed by atoms with Crippen LogP contribution >= 0.6 is 0 Å². The van der Waals surface area contributed by atoms with E-state index >= 15 is 0 Å². The summed E-state index contributed by atoms with van der Waals surface area (Å²) >= 11 is 0. The molecule has 0 radical (unpaired) electrons. The van der Waals surface area contributed by atoms with E-state index in [-0.39, 0.29) is 5.91 Å². The number of rotatable bonds is 2. The summed E-state index contributed by atoms with van der Waals surface area (Å²) in [7, 11) is 0. The van der Waals surface area contributed by atoms with Crippen LogP contribution in [0.15, 0.2) is 18.3 Å². The first-order chi connectivity index (χ1) is 8.22. The molecule has 1 heterocycles. The third-order valence-corrected chi connectivity index (χ3v) is 4.23. The number of nitrogens with one attached hydrogen (secondary N) is 2. The van der Waals surface area contributed by atoms with Crippen molar-refractivity contribution in [3.63, 3.8) is 0 Å². The van der Waals surface area contributed by atoms with E-state index in [0.29, 0.717) is 17.8 Å². The van der Waals surface area contributed by atoms with Crippen LogP contribution in [-0.4, -0.2) is 23.0 Å². The first-order valence-corrected chi connectivity index (χ1v) is 6.42. The summed E-state index contributed by atoms with van der Waals surface area (Å²) in [5.41, 5.74) is 6.61. The largest absolute Gasteiger partial charge is 0.357 e. The zero-order valence-corrected chi connectivity index (χ0v) is 9.86. The van der Waals surface area contributed by atoms with Gasteiger partial charge < -0.3 is 16.0 Å². The van der Waals surface area contributed by atoms with Crippen molar-refractivity contribution in [3.05, 3.63) is 24.0 Å². The van der Waals surface area contributed by atoms with Gasteiger partial charge in [-0.15, -0.1) is 0 Å². The molecule has 1 aromatic heterocycles. The predicted octanol–water partition coefficient (Wildman–Crippen LogP) is 1.26. The van der Waals surface area contributed by atoms with E-state index in [4.69, 9.17) is 5.73 Å². The Morgan fingerprint density at radius 3 is 2.59 bits per heavy atom. The van der Waals surface area contributed by atoms with Crippen LogP contribution in [0.1, 0.15) is 36.2 Å². The lowest BCUT2D eigenvalue weighted by atomic mass is 10.0. The molecule has 92 valence electrons. The number of carbonyl (C=O) groups excluding carboxylic acids is 1. The molecule has 2 saturated carbocycles. The van der Waals surface area contributed by atoms with Crippen LogP contribution in [0.3, 0.4) is 0 Å². The van der Waals surface area contributed by atoms with E-state index in [2.05, 4.69) is 10.3 Å². The number of amides is 1. The molecule has 1 aromatic rings. The highest BCUT2D eigenvalue weighted by Crippen LogP contribution is 2.43. The normalized spacial score (nSPS) is 35.8. The van der Waals surface area contributed by atoms with Gasteiger partial charge in [0.1, 0.15) is 5.69 Å². The molecule has 2 unspecified atom stereocenters. The maximum atomic E-state index is 11.9. The molecular formula is C13H19N3O. The first kappa shape index (κ1) is 10.8. The lowest BCUT2D eigenvalue weighted by Gasteiger charge is -2.14. The average Bonchev–Trinajstić information content (AvgIpc) is 2.91. The lowest BCUT2D eigenvalue weighted by Crippen LogP contribution is -2.34. The van der Waals surface area contributed by atoms with Crippen molar-refractivity contribution in [1.29, 1.82) is 0 Å². The molecule has 4 heteroatoms. The highest BCUT2D eigenvalue weighted by atomic mass is 16.1. The van der Waals surface area contributed by atoms with Gasteiger partial charge in [0.25, 0.3) is 5.91 Å². The van der Waals surface area contributed by atoms with E-state index < -0.39 is 0 Å². The molecule has 0 bridgehead atoms. The molecule has 2 atom stereocenters. The third-order valence-electron chi connectivity index (χ3n) is 4.23. The summed E-state index contributed by atoms with van der Waals surface area (Å²) < 4.78 is 0. The number of aromatic nitrogens is 1. The molecule has 2 aliphatic rings. The summed E-state index contributed by atoms with van der Waals surface area (Å²) in [5.74, 6) is 1.49. The van der Waals surface area contributed by atoms with Crippen molar-refractivity contribution in [2.75, 3.05) is 0 Å². The second-order valence-electron chi connectivity index (χ2n) is 5.48. The molecule has 1 amide bonds. The Morgan fingerprint density at radius 2 is 2.00 bits per heavy atom. The average molecular weight is 233 g/mol. The van der Waals surface area contributed by atoms with Gasteiger partial charge in [0, 0.05) is 18.3 Å². The van der Waals surface area contributed by atoms with Gasteiger partial charge in [-0.3, -0.25) is 4.79 Å².